The Morgan fingerprint density at radius 2 is 2.36 bits per heavy atom. The molecule has 0 saturated carbocycles. The van der Waals surface area contributed by atoms with Gasteiger partial charge in [-0.25, -0.2) is 4.79 Å². The first-order valence-electron chi connectivity index (χ1n) is 4.05. The van der Waals surface area contributed by atoms with Crippen molar-refractivity contribution in [2.24, 2.45) is 0 Å². The lowest BCUT2D eigenvalue weighted by atomic mass is 10.4. The average Bonchev–Trinajstić information content (AvgIpc) is 2.58. The molecule has 0 saturated heterocycles. The molecule has 0 bridgehead atoms. The number of rotatable bonds is 1. The molecule has 1 heterocycles. The summed E-state index contributed by atoms with van der Waals surface area (Å²) in [6.07, 6.45) is 2.79. The van der Waals surface area contributed by atoms with E-state index < -0.39 is 0 Å². The molecule has 72 valence electrons. The van der Waals surface area contributed by atoms with Gasteiger partial charge < -0.3 is 4.74 Å². The van der Waals surface area contributed by atoms with E-state index in [1.54, 1.807) is 11.3 Å². The van der Waals surface area contributed by atoms with Crippen LogP contribution in [0.5, 0.6) is 0 Å². The van der Waals surface area contributed by atoms with Gasteiger partial charge in [0.1, 0.15) is 0 Å². The molecule has 0 aliphatic heterocycles. The molecular formula is C11H10O2S. The third-order valence-corrected chi connectivity index (χ3v) is 2.36. The first-order valence-corrected chi connectivity index (χ1v) is 4.86. The molecule has 0 spiro atoms. The highest BCUT2D eigenvalue weighted by Crippen LogP contribution is 2.12. The predicted molar refractivity (Wildman–Crippen MR) is 57.1 cm³/mol. The average molecular weight is 206 g/mol. The van der Waals surface area contributed by atoms with Gasteiger partial charge in [0.2, 0.25) is 0 Å². The Hall–Kier alpha value is -1.53. The number of ether oxygens (including phenoxy) is 1. The number of carbonyl (C=O) groups is 1. The summed E-state index contributed by atoms with van der Waals surface area (Å²) in [7, 11) is 1.34. The lowest BCUT2D eigenvalue weighted by Crippen LogP contribution is -1.92. The van der Waals surface area contributed by atoms with Gasteiger partial charge in [-0.15, -0.1) is 11.3 Å². The zero-order chi connectivity index (χ0) is 10.4. The van der Waals surface area contributed by atoms with Gasteiger partial charge in [0, 0.05) is 11.0 Å². The topological polar surface area (TPSA) is 26.3 Å². The van der Waals surface area contributed by atoms with Gasteiger partial charge >= 0.3 is 5.97 Å². The van der Waals surface area contributed by atoms with Crippen LogP contribution in [0.2, 0.25) is 0 Å². The van der Waals surface area contributed by atoms with E-state index in [0.29, 0.717) is 0 Å². The fourth-order valence-corrected chi connectivity index (χ4v) is 1.52. The van der Waals surface area contributed by atoms with Crippen molar-refractivity contribution < 1.29 is 9.53 Å². The van der Waals surface area contributed by atoms with Crippen LogP contribution < -0.4 is 0 Å². The van der Waals surface area contributed by atoms with E-state index in [-0.39, 0.29) is 5.97 Å². The molecule has 0 atom stereocenters. The molecule has 3 heteroatoms. The Labute approximate surface area is 87.2 Å². The molecular weight excluding hydrogens is 196 g/mol. The number of esters is 1. The second-order valence-electron chi connectivity index (χ2n) is 2.54. The first kappa shape index (κ1) is 10.6. The van der Waals surface area contributed by atoms with Gasteiger partial charge in [0.25, 0.3) is 0 Å². The number of allylic oxidation sites excluding steroid dienone is 1. The third-order valence-electron chi connectivity index (χ3n) is 1.44. The van der Waals surface area contributed by atoms with Crippen molar-refractivity contribution in [3.05, 3.63) is 34.0 Å². The largest absolute Gasteiger partial charge is 0.466 e. The summed E-state index contributed by atoms with van der Waals surface area (Å²) in [5.74, 6) is 5.29. The van der Waals surface area contributed by atoms with E-state index in [1.165, 1.54) is 24.1 Å². The molecule has 0 amide bonds. The van der Waals surface area contributed by atoms with Crippen LogP contribution in [0.4, 0.5) is 0 Å². The highest BCUT2D eigenvalue weighted by Gasteiger charge is 1.90. The Kier molecular flexibility index (Phi) is 3.96. The molecule has 2 nitrogen and oxygen atoms in total. The zero-order valence-corrected chi connectivity index (χ0v) is 8.85. The first-order chi connectivity index (χ1) is 6.72. The maximum atomic E-state index is 10.7. The van der Waals surface area contributed by atoms with Gasteiger partial charge in [-0.2, -0.15) is 0 Å². The number of hydrogen-bond acceptors (Lipinski definition) is 3. The van der Waals surface area contributed by atoms with Crippen LogP contribution in [0.25, 0.3) is 0 Å². The molecule has 1 aromatic heterocycles. The summed E-state index contributed by atoms with van der Waals surface area (Å²) in [6.45, 7) is 2.03. The summed E-state index contributed by atoms with van der Waals surface area (Å²) < 4.78 is 4.42. The highest BCUT2D eigenvalue weighted by atomic mass is 32.1. The molecule has 0 aliphatic rings. The van der Waals surface area contributed by atoms with Gasteiger partial charge in [-0.3, -0.25) is 0 Å². The molecule has 0 radical (unpaired) electrons. The molecule has 0 unspecified atom stereocenters. The normalized spacial score (nSPS) is 9.57. The molecule has 1 aromatic rings. The van der Waals surface area contributed by atoms with Crippen LogP contribution in [0.3, 0.4) is 0 Å². The van der Waals surface area contributed by atoms with E-state index in [1.807, 2.05) is 19.1 Å². The zero-order valence-electron chi connectivity index (χ0n) is 8.03. The lowest BCUT2D eigenvalue weighted by Gasteiger charge is -1.84. The second-order valence-corrected chi connectivity index (χ2v) is 3.82. The van der Waals surface area contributed by atoms with E-state index in [4.69, 9.17) is 0 Å². The Morgan fingerprint density at radius 3 is 2.93 bits per heavy atom. The minimum Gasteiger partial charge on any atom is -0.466 e. The Morgan fingerprint density at radius 1 is 1.57 bits per heavy atom. The van der Waals surface area contributed by atoms with Crippen molar-refractivity contribution in [2.45, 2.75) is 6.92 Å². The van der Waals surface area contributed by atoms with Crippen LogP contribution >= 0.6 is 11.3 Å². The van der Waals surface area contributed by atoms with E-state index in [9.17, 15) is 4.79 Å². The molecule has 0 aliphatic carbocycles. The van der Waals surface area contributed by atoms with Crippen molar-refractivity contribution in [1.82, 2.24) is 0 Å². The van der Waals surface area contributed by atoms with E-state index >= 15 is 0 Å². The lowest BCUT2D eigenvalue weighted by molar-refractivity contribution is -0.134. The molecule has 0 fully saturated rings. The third kappa shape index (κ3) is 3.46. The number of carbonyl (C=O) groups excluding carboxylic acids is 1. The summed E-state index contributed by atoms with van der Waals surface area (Å²) in [4.78, 5) is 12.9. The number of aryl methyl sites for hydroxylation is 1. The van der Waals surface area contributed by atoms with E-state index in [2.05, 4.69) is 16.6 Å². The van der Waals surface area contributed by atoms with Crippen molar-refractivity contribution in [3.63, 3.8) is 0 Å². The number of thiophene rings is 1. The van der Waals surface area contributed by atoms with Crippen molar-refractivity contribution in [1.29, 1.82) is 0 Å². The summed E-state index contributed by atoms with van der Waals surface area (Å²) in [5, 5.41) is 0. The number of methoxy groups -OCH3 is 1. The molecule has 1 rings (SSSR count). The van der Waals surface area contributed by atoms with E-state index in [0.717, 1.165) is 4.88 Å². The van der Waals surface area contributed by atoms with Gasteiger partial charge in [-0.1, -0.05) is 11.8 Å². The summed E-state index contributed by atoms with van der Waals surface area (Å²) in [5.41, 5.74) is 0. The minimum absolute atomic E-state index is 0.387. The Bertz CT molecular complexity index is 404. The van der Waals surface area contributed by atoms with Gasteiger partial charge in [0.05, 0.1) is 12.0 Å². The monoisotopic (exact) mass is 206 g/mol. The Balaban J connectivity index is 2.57. The van der Waals surface area contributed by atoms with Crippen molar-refractivity contribution in [3.8, 4) is 11.8 Å². The van der Waals surface area contributed by atoms with Gasteiger partial charge in [0.15, 0.2) is 0 Å². The molecule has 14 heavy (non-hydrogen) atoms. The standard InChI is InChI=1S/C11H10O2S/c1-9-7-8-10(14-9)5-3-4-6-11(12)13-2/h4,6-8H,1-2H3/b6-4+. The van der Waals surface area contributed by atoms with Crippen molar-refractivity contribution in [2.75, 3.05) is 7.11 Å². The maximum absolute atomic E-state index is 10.7. The maximum Gasteiger partial charge on any atom is 0.331 e. The quantitative estimate of drug-likeness (QED) is 0.400. The smallest absolute Gasteiger partial charge is 0.331 e. The van der Waals surface area contributed by atoms with Crippen LogP contribution in [0.15, 0.2) is 24.3 Å². The fraction of sp³-hybridized carbons (Fsp3) is 0.182. The van der Waals surface area contributed by atoms with Crippen molar-refractivity contribution >= 4 is 17.3 Å². The molecule has 0 N–H and O–H groups in total. The van der Waals surface area contributed by atoms with Crippen LogP contribution in [-0.4, -0.2) is 13.1 Å². The SMILES string of the molecule is COC(=O)/C=C/C#Cc1ccc(C)s1. The number of hydrogen-bond donors (Lipinski definition) is 0. The van der Waals surface area contributed by atoms with Gasteiger partial charge in [-0.05, 0) is 25.1 Å². The van der Waals surface area contributed by atoms with Crippen LogP contribution in [0, 0.1) is 18.8 Å². The second kappa shape index (κ2) is 5.25. The molecule has 0 aromatic carbocycles. The van der Waals surface area contributed by atoms with Crippen LogP contribution in [-0.2, 0) is 9.53 Å². The fourth-order valence-electron chi connectivity index (χ4n) is 0.792. The van der Waals surface area contributed by atoms with Crippen LogP contribution in [0.1, 0.15) is 9.75 Å². The summed E-state index contributed by atoms with van der Waals surface area (Å²) >= 11 is 1.63. The predicted octanol–water partition coefficient (Wildman–Crippen LogP) is 2.14. The summed E-state index contributed by atoms with van der Waals surface area (Å²) in [6, 6.07) is 3.97. The highest BCUT2D eigenvalue weighted by molar-refractivity contribution is 7.12. The minimum atomic E-state index is -0.387.